The maximum Gasteiger partial charge on any atom is 0.264 e. The summed E-state index contributed by atoms with van der Waals surface area (Å²) < 4.78 is 28.0. The molecule has 0 aliphatic carbocycles. The Morgan fingerprint density at radius 2 is 2.22 bits per heavy atom. The molecule has 0 radical (unpaired) electrons. The summed E-state index contributed by atoms with van der Waals surface area (Å²) in [5, 5.41) is 12.2. The Morgan fingerprint density at radius 3 is 2.91 bits per heavy atom. The number of rotatable bonds is 4. The predicted molar refractivity (Wildman–Crippen MR) is 78.0 cm³/mol. The van der Waals surface area contributed by atoms with Crippen molar-refractivity contribution in [2.75, 3.05) is 6.54 Å². The van der Waals surface area contributed by atoms with Crippen LogP contribution in [0.3, 0.4) is 0 Å². The topological polar surface area (TPSA) is 84.2 Å². The van der Waals surface area contributed by atoms with Crippen LogP contribution in [0.15, 0.2) is 23.3 Å². The lowest BCUT2D eigenvalue weighted by molar-refractivity contribution is -0.120. The number of Topliss-reactive ketones (excluding diaryl/α,β-unsaturated/α-hetero) is 1. The SMILES string of the molecule is O=C(C[C@H]1NCCC1O)Cn1cnc2ccc(F)c(F)c2c1=O. The van der Waals surface area contributed by atoms with Gasteiger partial charge in [-0.05, 0) is 25.1 Å². The first-order valence-electron chi connectivity index (χ1n) is 7.23. The molecule has 2 aromatic rings. The zero-order valence-corrected chi connectivity index (χ0v) is 12.1. The van der Waals surface area contributed by atoms with Gasteiger partial charge in [0, 0.05) is 12.5 Å². The third kappa shape index (κ3) is 2.99. The number of nitrogens with one attached hydrogen (secondary N) is 1. The second-order valence-electron chi connectivity index (χ2n) is 5.59. The molecule has 2 N–H and O–H groups in total. The number of hydrogen-bond acceptors (Lipinski definition) is 5. The number of benzene rings is 1. The second-order valence-corrected chi connectivity index (χ2v) is 5.59. The number of ketones is 1. The Bertz CT molecular complexity index is 821. The van der Waals surface area contributed by atoms with Crippen molar-refractivity contribution in [2.45, 2.75) is 31.5 Å². The molecule has 0 spiro atoms. The van der Waals surface area contributed by atoms with Gasteiger partial charge in [-0.15, -0.1) is 0 Å². The molecule has 1 aliphatic rings. The van der Waals surface area contributed by atoms with E-state index >= 15 is 0 Å². The molecule has 122 valence electrons. The first-order chi connectivity index (χ1) is 11.0. The third-order valence-electron chi connectivity index (χ3n) is 3.99. The van der Waals surface area contributed by atoms with Crippen molar-refractivity contribution in [3.63, 3.8) is 0 Å². The van der Waals surface area contributed by atoms with Crippen LogP contribution in [0.4, 0.5) is 8.78 Å². The Balaban J connectivity index is 1.86. The van der Waals surface area contributed by atoms with Crippen LogP contribution >= 0.6 is 0 Å². The van der Waals surface area contributed by atoms with E-state index in [-0.39, 0.29) is 30.3 Å². The van der Waals surface area contributed by atoms with Crippen LogP contribution in [0.2, 0.25) is 0 Å². The fourth-order valence-corrected chi connectivity index (χ4v) is 2.75. The molecule has 8 heteroatoms. The number of fused-ring (bicyclic) bond motifs is 1. The molecule has 3 rings (SSSR count). The summed E-state index contributed by atoms with van der Waals surface area (Å²) in [6, 6.07) is 1.76. The van der Waals surface area contributed by atoms with Crippen LogP contribution < -0.4 is 10.9 Å². The molecule has 2 heterocycles. The first-order valence-corrected chi connectivity index (χ1v) is 7.23. The lowest BCUT2D eigenvalue weighted by atomic mass is 10.1. The third-order valence-corrected chi connectivity index (χ3v) is 3.99. The van der Waals surface area contributed by atoms with Crippen LogP contribution in [0.25, 0.3) is 10.9 Å². The van der Waals surface area contributed by atoms with E-state index < -0.39 is 28.7 Å². The summed E-state index contributed by atoms with van der Waals surface area (Å²) in [5.41, 5.74) is -0.772. The maximum atomic E-state index is 13.8. The van der Waals surface area contributed by atoms with E-state index in [0.29, 0.717) is 13.0 Å². The number of nitrogens with zero attached hydrogens (tertiary/aromatic N) is 2. The largest absolute Gasteiger partial charge is 0.391 e. The minimum Gasteiger partial charge on any atom is -0.391 e. The van der Waals surface area contributed by atoms with Crippen molar-refractivity contribution in [2.24, 2.45) is 0 Å². The maximum absolute atomic E-state index is 13.8. The van der Waals surface area contributed by atoms with Gasteiger partial charge >= 0.3 is 0 Å². The number of carbonyl (C=O) groups excluding carboxylic acids is 1. The van der Waals surface area contributed by atoms with Crippen LogP contribution in [0.5, 0.6) is 0 Å². The Labute approximate surface area is 129 Å². The highest BCUT2D eigenvalue weighted by Crippen LogP contribution is 2.15. The molecule has 6 nitrogen and oxygen atoms in total. The van der Waals surface area contributed by atoms with Crippen molar-refractivity contribution in [3.8, 4) is 0 Å². The molecule has 1 aliphatic heterocycles. The quantitative estimate of drug-likeness (QED) is 0.848. The van der Waals surface area contributed by atoms with Crippen molar-refractivity contribution < 1.29 is 18.7 Å². The average molecular weight is 323 g/mol. The molecule has 1 fully saturated rings. The lowest BCUT2D eigenvalue weighted by Crippen LogP contribution is -2.35. The summed E-state index contributed by atoms with van der Waals surface area (Å²) >= 11 is 0. The molecule has 2 atom stereocenters. The predicted octanol–water partition coefficient (Wildman–Crippen LogP) is 0.357. The number of aliphatic hydroxyl groups excluding tert-OH is 1. The molecule has 1 saturated heterocycles. The lowest BCUT2D eigenvalue weighted by Gasteiger charge is -2.14. The van der Waals surface area contributed by atoms with Gasteiger partial charge in [-0.3, -0.25) is 14.2 Å². The highest BCUT2D eigenvalue weighted by molar-refractivity contribution is 5.81. The van der Waals surface area contributed by atoms with E-state index in [1.807, 2.05) is 0 Å². The zero-order valence-electron chi connectivity index (χ0n) is 12.1. The minimum atomic E-state index is -1.27. The van der Waals surface area contributed by atoms with E-state index in [4.69, 9.17) is 0 Å². The second kappa shape index (κ2) is 6.13. The normalized spacial score (nSPS) is 21.0. The number of aliphatic hydroxyl groups is 1. The van der Waals surface area contributed by atoms with E-state index in [1.54, 1.807) is 0 Å². The number of aromatic nitrogens is 2. The first kappa shape index (κ1) is 15.7. The average Bonchev–Trinajstić information content (AvgIpc) is 2.91. The van der Waals surface area contributed by atoms with E-state index in [0.717, 1.165) is 17.0 Å². The standard InChI is InChI=1S/C15H15F2N3O3/c16-9-1-2-10-13(14(9)17)15(23)20(7-19-10)6-8(21)5-11-12(22)3-4-18-11/h1-2,7,11-12,18,22H,3-6H2/t11-,12?/m1/s1. The van der Waals surface area contributed by atoms with Gasteiger partial charge < -0.3 is 10.4 Å². The molecule has 0 amide bonds. The summed E-state index contributed by atoms with van der Waals surface area (Å²) in [6.07, 6.45) is 1.16. The summed E-state index contributed by atoms with van der Waals surface area (Å²) in [5.74, 6) is -2.71. The van der Waals surface area contributed by atoms with Gasteiger partial charge in [0.25, 0.3) is 5.56 Å². The monoisotopic (exact) mass is 323 g/mol. The molecule has 23 heavy (non-hydrogen) atoms. The fourth-order valence-electron chi connectivity index (χ4n) is 2.75. The van der Waals surface area contributed by atoms with E-state index in [2.05, 4.69) is 10.3 Å². The van der Waals surface area contributed by atoms with Crippen molar-refractivity contribution >= 4 is 16.7 Å². The van der Waals surface area contributed by atoms with Crippen LogP contribution in [-0.2, 0) is 11.3 Å². The van der Waals surface area contributed by atoms with Crippen LogP contribution in [0, 0.1) is 11.6 Å². The fraction of sp³-hybridized carbons (Fsp3) is 0.400. The zero-order chi connectivity index (χ0) is 16.6. The molecule has 0 bridgehead atoms. The van der Waals surface area contributed by atoms with E-state index in [9.17, 15) is 23.5 Å². The summed E-state index contributed by atoms with van der Waals surface area (Å²) in [4.78, 5) is 28.2. The van der Waals surface area contributed by atoms with Gasteiger partial charge in [0.1, 0.15) is 5.39 Å². The van der Waals surface area contributed by atoms with Gasteiger partial charge in [-0.1, -0.05) is 0 Å². The Hall–Kier alpha value is -2.19. The van der Waals surface area contributed by atoms with Crippen molar-refractivity contribution in [1.29, 1.82) is 0 Å². The molecular formula is C15H15F2N3O3. The molecular weight excluding hydrogens is 308 g/mol. The molecule has 1 aromatic heterocycles. The summed E-state index contributed by atoms with van der Waals surface area (Å²) in [7, 11) is 0. The minimum absolute atomic E-state index is 0.0329. The molecule has 1 aromatic carbocycles. The van der Waals surface area contributed by atoms with Gasteiger partial charge in [0.05, 0.1) is 24.5 Å². The number of carbonyl (C=O) groups is 1. The highest BCUT2D eigenvalue weighted by Gasteiger charge is 2.27. The van der Waals surface area contributed by atoms with E-state index in [1.165, 1.54) is 6.07 Å². The number of hydrogen-bond donors (Lipinski definition) is 2. The van der Waals surface area contributed by atoms with Gasteiger partial charge in [0.15, 0.2) is 17.4 Å². The Morgan fingerprint density at radius 1 is 1.43 bits per heavy atom. The van der Waals surface area contributed by atoms with Crippen LogP contribution in [-0.4, -0.2) is 39.1 Å². The van der Waals surface area contributed by atoms with Gasteiger partial charge in [-0.25, -0.2) is 13.8 Å². The van der Waals surface area contributed by atoms with Gasteiger partial charge in [-0.2, -0.15) is 0 Å². The summed E-state index contributed by atoms with van der Waals surface area (Å²) in [6.45, 7) is 0.323. The molecule has 1 unspecified atom stereocenters. The highest BCUT2D eigenvalue weighted by atomic mass is 19.2. The van der Waals surface area contributed by atoms with Crippen LogP contribution in [0.1, 0.15) is 12.8 Å². The molecule has 0 saturated carbocycles. The van der Waals surface area contributed by atoms with Crippen molar-refractivity contribution in [1.82, 2.24) is 14.9 Å². The van der Waals surface area contributed by atoms with Gasteiger partial charge in [0.2, 0.25) is 0 Å². The van der Waals surface area contributed by atoms with Crippen molar-refractivity contribution in [3.05, 3.63) is 40.4 Å². The smallest absolute Gasteiger partial charge is 0.264 e. The Kier molecular flexibility index (Phi) is 4.18. The number of halogens is 2.